The van der Waals surface area contributed by atoms with Crippen LogP contribution in [0.1, 0.15) is 11.1 Å². The van der Waals surface area contributed by atoms with Gasteiger partial charge in [0.1, 0.15) is 5.82 Å². The monoisotopic (exact) mass is 338 g/mol. The van der Waals surface area contributed by atoms with Crippen molar-refractivity contribution in [2.24, 2.45) is 0 Å². The van der Waals surface area contributed by atoms with Crippen LogP contribution < -0.4 is 5.32 Å². The van der Waals surface area contributed by atoms with E-state index in [1.165, 1.54) is 12.1 Å². The number of nitrogens with zero attached hydrogens (tertiary/aromatic N) is 1. The normalized spacial score (nSPS) is 10.3. The summed E-state index contributed by atoms with van der Waals surface area (Å²) in [4.78, 5) is 10.1. The number of rotatable bonds is 4. The van der Waals surface area contributed by atoms with Gasteiger partial charge >= 0.3 is 0 Å². The molecule has 4 nitrogen and oxygen atoms in total. The van der Waals surface area contributed by atoms with Gasteiger partial charge in [0.2, 0.25) is 0 Å². The van der Waals surface area contributed by atoms with E-state index in [0.29, 0.717) is 12.2 Å². The van der Waals surface area contributed by atoms with Crippen LogP contribution in [0.5, 0.6) is 0 Å². The molecule has 2 aromatic rings. The van der Waals surface area contributed by atoms with Gasteiger partial charge in [-0.3, -0.25) is 10.1 Å². The van der Waals surface area contributed by atoms with Gasteiger partial charge in [0.15, 0.2) is 0 Å². The lowest BCUT2D eigenvalue weighted by atomic mass is 10.1. The smallest absolute Gasteiger partial charge is 0.274 e. The van der Waals surface area contributed by atoms with E-state index in [-0.39, 0.29) is 5.69 Å². The summed E-state index contributed by atoms with van der Waals surface area (Å²) in [6.07, 6.45) is 0. The second-order valence-corrected chi connectivity index (χ2v) is 5.25. The summed E-state index contributed by atoms with van der Waals surface area (Å²) >= 11 is 3.42. The Kier molecular flexibility index (Phi) is 4.34. The van der Waals surface area contributed by atoms with Crippen LogP contribution in [-0.4, -0.2) is 4.92 Å². The zero-order valence-electron chi connectivity index (χ0n) is 10.7. The highest BCUT2D eigenvalue weighted by Crippen LogP contribution is 2.21. The van der Waals surface area contributed by atoms with Crippen molar-refractivity contribution in [1.29, 1.82) is 0 Å². The largest absolute Gasteiger partial charge is 0.381 e. The molecule has 0 amide bonds. The van der Waals surface area contributed by atoms with Crippen LogP contribution in [0.2, 0.25) is 0 Å². The lowest BCUT2D eigenvalue weighted by Crippen LogP contribution is -2.01. The van der Waals surface area contributed by atoms with Crippen LogP contribution in [0.4, 0.5) is 15.8 Å². The van der Waals surface area contributed by atoms with Crippen LogP contribution in [0.3, 0.4) is 0 Å². The lowest BCUT2D eigenvalue weighted by Gasteiger charge is -2.08. The van der Waals surface area contributed by atoms with Gasteiger partial charge in [-0.05, 0) is 30.2 Å². The number of benzene rings is 2. The summed E-state index contributed by atoms with van der Waals surface area (Å²) < 4.78 is 14.3. The number of nitro groups is 1. The average Bonchev–Trinajstić information content (AvgIpc) is 2.39. The van der Waals surface area contributed by atoms with Crippen LogP contribution in [0, 0.1) is 22.9 Å². The molecule has 0 atom stereocenters. The van der Waals surface area contributed by atoms with Gasteiger partial charge in [-0.15, -0.1) is 0 Å². The number of halogens is 2. The molecular weight excluding hydrogens is 327 g/mol. The van der Waals surface area contributed by atoms with E-state index in [2.05, 4.69) is 21.2 Å². The van der Waals surface area contributed by atoms with Crippen LogP contribution >= 0.6 is 15.9 Å². The number of anilines is 1. The maximum Gasteiger partial charge on any atom is 0.274 e. The molecule has 0 saturated carbocycles. The zero-order chi connectivity index (χ0) is 14.7. The number of hydrogen-bond donors (Lipinski definition) is 1. The van der Waals surface area contributed by atoms with Crippen molar-refractivity contribution in [2.75, 3.05) is 5.32 Å². The molecule has 20 heavy (non-hydrogen) atoms. The predicted octanol–water partition coefficient (Wildman–Crippen LogP) is 4.42. The quantitative estimate of drug-likeness (QED) is 0.663. The SMILES string of the molecule is Cc1cc(CNc2cc(F)cc([N+](=O)[O-])c2)ccc1Br. The third kappa shape index (κ3) is 3.54. The second-order valence-electron chi connectivity index (χ2n) is 4.39. The summed E-state index contributed by atoms with van der Waals surface area (Å²) in [5, 5.41) is 13.7. The Labute approximate surface area is 123 Å². The van der Waals surface area contributed by atoms with E-state index >= 15 is 0 Å². The minimum Gasteiger partial charge on any atom is -0.381 e. The van der Waals surface area contributed by atoms with Gasteiger partial charge in [0.25, 0.3) is 5.69 Å². The fraction of sp³-hybridized carbons (Fsp3) is 0.143. The molecule has 0 aliphatic heterocycles. The fourth-order valence-corrected chi connectivity index (χ4v) is 2.05. The topological polar surface area (TPSA) is 55.2 Å². The van der Waals surface area contributed by atoms with Crippen molar-refractivity contribution in [3.8, 4) is 0 Å². The number of non-ortho nitro benzene ring substituents is 1. The van der Waals surface area contributed by atoms with Crippen molar-refractivity contribution in [2.45, 2.75) is 13.5 Å². The third-order valence-electron chi connectivity index (χ3n) is 2.81. The third-order valence-corrected chi connectivity index (χ3v) is 3.70. The first kappa shape index (κ1) is 14.5. The molecule has 0 unspecified atom stereocenters. The van der Waals surface area contributed by atoms with Crippen LogP contribution in [0.15, 0.2) is 40.9 Å². The molecule has 0 radical (unpaired) electrons. The standard InChI is InChI=1S/C14H12BrFN2O2/c1-9-4-10(2-3-14(9)15)8-17-12-5-11(16)6-13(7-12)18(19)20/h2-7,17H,8H2,1H3. The summed E-state index contributed by atoms with van der Waals surface area (Å²) in [6, 6.07) is 9.30. The summed E-state index contributed by atoms with van der Waals surface area (Å²) in [5.41, 5.74) is 2.23. The number of nitro benzene ring substituents is 1. The van der Waals surface area contributed by atoms with Crippen molar-refractivity contribution in [3.63, 3.8) is 0 Å². The Balaban J connectivity index is 2.14. The highest BCUT2D eigenvalue weighted by atomic mass is 79.9. The Morgan fingerprint density at radius 3 is 2.70 bits per heavy atom. The number of aryl methyl sites for hydroxylation is 1. The van der Waals surface area contributed by atoms with Gasteiger partial charge in [-0.2, -0.15) is 0 Å². The summed E-state index contributed by atoms with van der Waals surface area (Å²) in [5.74, 6) is -0.631. The van der Waals surface area contributed by atoms with Crippen LogP contribution in [-0.2, 0) is 6.54 Å². The van der Waals surface area contributed by atoms with Gasteiger partial charge in [-0.25, -0.2) is 4.39 Å². The Morgan fingerprint density at radius 2 is 2.05 bits per heavy atom. The first-order chi connectivity index (χ1) is 9.45. The van der Waals surface area contributed by atoms with Gasteiger partial charge < -0.3 is 5.32 Å². The Morgan fingerprint density at radius 1 is 1.30 bits per heavy atom. The van der Waals surface area contributed by atoms with E-state index in [1.54, 1.807) is 0 Å². The second kappa shape index (κ2) is 6.00. The fourth-order valence-electron chi connectivity index (χ4n) is 1.80. The molecule has 0 saturated heterocycles. The number of hydrogen-bond acceptors (Lipinski definition) is 3. The summed E-state index contributed by atoms with van der Waals surface area (Å²) in [6.45, 7) is 2.44. The molecule has 0 heterocycles. The molecule has 6 heteroatoms. The molecule has 0 bridgehead atoms. The molecule has 0 aliphatic carbocycles. The van der Waals surface area contributed by atoms with Crippen molar-refractivity contribution < 1.29 is 9.31 Å². The molecule has 1 N–H and O–H groups in total. The molecule has 0 spiro atoms. The minimum atomic E-state index is -0.631. The molecule has 0 aromatic heterocycles. The molecule has 0 aliphatic rings. The Hall–Kier alpha value is -1.95. The van der Waals surface area contributed by atoms with Gasteiger partial charge in [0, 0.05) is 22.8 Å². The molecule has 2 rings (SSSR count). The van der Waals surface area contributed by atoms with Crippen molar-refractivity contribution >= 4 is 27.3 Å². The molecular formula is C14H12BrFN2O2. The van der Waals surface area contributed by atoms with E-state index in [4.69, 9.17) is 0 Å². The minimum absolute atomic E-state index is 0.264. The van der Waals surface area contributed by atoms with E-state index < -0.39 is 10.7 Å². The highest BCUT2D eigenvalue weighted by Gasteiger charge is 2.09. The van der Waals surface area contributed by atoms with E-state index in [0.717, 1.165) is 21.7 Å². The van der Waals surface area contributed by atoms with Crippen LogP contribution in [0.25, 0.3) is 0 Å². The maximum atomic E-state index is 13.3. The summed E-state index contributed by atoms with van der Waals surface area (Å²) in [7, 11) is 0. The van der Waals surface area contributed by atoms with E-state index in [1.807, 2.05) is 25.1 Å². The van der Waals surface area contributed by atoms with Crippen molar-refractivity contribution in [1.82, 2.24) is 0 Å². The van der Waals surface area contributed by atoms with E-state index in [9.17, 15) is 14.5 Å². The Bertz CT molecular complexity index is 662. The van der Waals surface area contributed by atoms with Crippen molar-refractivity contribution in [3.05, 3.63) is 67.9 Å². The maximum absolute atomic E-state index is 13.3. The first-order valence-corrected chi connectivity index (χ1v) is 6.69. The predicted molar refractivity (Wildman–Crippen MR) is 79.3 cm³/mol. The van der Waals surface area contributed by atoms with Gasteiger partial charge in [-0.1, -0.05) is 28.1 Å². The average molecular weight is 339 g/mol. The number of nitrogens with one attached hydrogen (secondary N) is 1. The first-order valence-electron chi connectivity index (χ1n) is 5.89. The zero-order valence-corrected chi connectivity index (χ0v) is 12.3. The highest BCUT2D eigenvalue weighted by molar-refractivity contribution is 9.10. The lowest BCUT2D eigenvalue weighted by molar-refractivity contribution is -0.385. The molecule has 104 valence electrons. The van der Waals surface area contributed by atoms with Gasteiger partial charge in [0.05, 0.1) is 11.0 Å². The molecule has 0 fully saturated rings. The molecule has 2 aromatic carbocycles.